The van der Waals surface area contributed by atoms with Gasteiger partial charge in [-0.25, -0.2) is 13.8 Å². The van der Waals surface area contributed by atoms with Crippen LogP contribution in [0.25, 0.3) is 16.7 Å². The summed E-state index contributed by atoms with van der Waals surface area (Å²) in [5, 5.41) is 7.34. The molecule has 2 fully saturated rings. The molecule has 0 spiro atoms. The minimum atomic E-state index is -0.601. The molecule has 2 N–H and O–H groups in total. The van der Waals surface area contributed by atoms with Gasteiger partial charge >= 0.3 is 0 Å². The van der Waals surface area contributed by atoms with Crippen LogP contribution in [0.5, 0.6) is 0 Å². The lowest BCUT2D eigenvalue weighted by Crippen LogP contribution is -2.55. The Balaban J connectivity index is 1.23. The van der Waals surface area contributed by atoms with Gasteiger partial charge in [-0.15, -0.1) is 0 Å². The van der Waals surface area contributed by atoms with Gasteiger partial charge in [0.1, 0.15) is 17.3 Å². The van der Waals surface area contributed by atoms with Gasteiger partial charge in [-0.05, 0) is 50.2 Å². The van der Waals surface area contributed by atoms with E-state index in [2.05, 4.69) is 34.4 Å². The number of nitrogens with zero attached hydrogens (tertiary/aromatic N) is 5. The van der Waals surface area contributed by atoms with Crippen molar-refractivity contribution in [2.75, 3.05) is 44.7 Å². The minimum absolute atomic E-state index is 0.0276. The number of amides is 1. The van der Waals surface area contributed by atoms with Gasteiger partial charge in [0.05, 0.1) is 18.9 Å². The molecule has 41 heavy (non-hydrogen) atoms. The standard InChI is InChI=1S/C30H33F2N7O2/c1-19-16-38(17-20(2)34-19)29(40)21-4-3-5-23(12-21)35-30-33-15-22-6-7-39(28(22)36-30)24-13-26(31)25(27(32)14-24)18-37-8-10-41-11-9-37/h3-7,12-15,19-20,34H,8-11,16-18H2,1-2H3,(H,33,35,36)/t19-,20+. The van der Waals surface area contributed by atoms with Crippen LogP contribution in [0.3, 0.4) is 0 Å². The fourth-order valence-electron chi connectivity index (χ4n) is 5.58. The number of fused-ring (bicyclic) bond motifs is 1. The van der Waals surface area contributed by atoms with Crippen LogP contribution < -0.4 is 10.6 Å². The molecular weight excluding hydrogens is 528 g/mol. The Morgan fingerprint density at radius 2 is 1.80 bits per heavy atom. The first-order valence-corrected chi connectivity index (χ1v) is 13.9. The maximum absolute atomic E-state index is 15.1. The number of benzene rings is 2. The summed E-state index contributed by atoms with van der Waals surface area (Å²) >= 11 is 0. The number of morpholine rings is 1. The van der Waals surface area contributed by atoms with E-state index in [1.54, 1.807) is 35.2 Å². The van der Waals surface area contributed by atoms with E-state index in [1.807, 2.05) is 21.9 Å². The SMILES string of the molecule is C[C@@H]1CN(C(=O)c2cccc(Nc3ncc4ccn(-c5cc(F)c(CN6CCOCC6)c(F)c5)c4n3)c2)C[C@H](C)N1. The number of hydrogen-bond donors (Lipinski definition) is 2. The van der Waals surface area contributed by atoms with Gasteiger partial charge in [0.25, 0.3) is 5.91 Å². The van der Waals surface area contributed by atoms with Crippen molar-refractivity contribution in [1.29, 1.82) is 0 Å². The fraction of sp³-hybridized carbons (Fsp3) is 0.367. The molecule has 2 atom stereocenters. The number of carbonyl (C=O) groups excluding carboxylic acids is 1. The largest absolute Gasteiger partial charge is 0.379 e. The maximum Gasteiger partial charge on any atom is 0.254 e. The molecule has 214 valence electrons. The number of piperazine rings is 1. The molecule has 0 bridgehead atoms. The second kappa shape index (κ2) is 11.5. The smallest absolute Gasteiger partial charge is 0.254 e. The van der Waals surface area contributed by atoms with Gasteiger partial charge in [0.15, 0.2) is 0 Å². The third-order valence-electron chi connectivity index (χ3n) is 7.53. The predicted octanol–water partition coefficient (Wildman–Crippen LogP) is 4.10. The first-order chi connectivity index (χ1) is 19.8. The van der Waals surface area contributed by atoms with Gasteiger partial charge in [0, 0.05) is 79.4 Å². The number of nitrogens with one attached hydrogen (secondary N) is 2. The Morgan fingerprint density at radius 3 is 2.54 bits per heavy atom. The monoisotopic (exact) mass is 561 g/mol. The highest BCUT2D eigenvalue weighted by molar-refractivity contribution is 5.95. The fourth-order valence-corrected chi connectivity index (χ4v) is 5.58. The molecule has 4 heterocycles. The first-order valence-electron chi connectivity index (χ1n) is 13.9. The molecule has 6 rings (SSSR count). The molecule has 0 unspecified atom stereocenters. The van der Waals surface area contributed by atoms with E-state index < -0.39 is 11.6 Å². The van der Waals surface area contributed by atoms with E-state index in [0.29, 0.717) is 67.9 Å². The minimum Gasteiger partial charge on any atom is -0.379 e. The van der Waals surface area contributed by atoms with Crippen LogP contribution in [0.15, 0.2) is 54.9 Å². The second-order valence-electron chi connectivity index (χ2n) is 10.8. The average molecular weight is 562 g/mol. The van der Waals surface area contributed by atoms with Crippen LogP contribution in [0.2, 0.25) is 0 Å². The highest BCUT2D eigenvalue weighted by atomic mass is 19.1. The van der Waals surface area contributed by atoms with Crippen LogP contribution in [0.1, 0.15) is 29.8 Å². The Morgan fingerprint density at radius 1 is 1.07 bits per heavy atom. The van der Waals surface area contributed by atoms with Crippen molar-refractivity contribution in [2.45, 2.75) is 32.5 Å². The summed E-state index contributed by atoms with van der Waals surface area (Å²) in [6, 6.07) is 12.1. The van der Waals surface area contributed by atoms with Gasteiger partial charge in [-0.2, -0.15) is 4.98 Å². The number of aromatic nitrogens is 3. The third-order valence-corrected chi connectivity index (χ3v) is 7.53. The van der Waals surface area contributed by atoms with Gasteiger partial charge in [0.2, 0.25) is 5.95 Å². The molecule has 9 nitrogen and oxygen atoms in total. The molecule has 2 aromatic heterocycles. The van der Waals surface area contributed by atoms with Crippen LogP contribution >= 0.6 is 0 Å². The summed E-state index contributed by atoms with van der Waals surface area (Å²) in [5.74, 6) is -0.928. The summed E-state index contributed by atoms with van der Waals surface area (Å²) < 4.78 is 37.2. The number of rotatable bonds is 6. The zero-order valence-corrected chi connectivity index (χ0v) is 23.1. The zero-order chi connectivity index (χ0) is 28.5. The van der Waals surface area contributed by atoms with E-state index in [4.69, 9.17) is 4.74 Å². The quantitative estimate of drug-likeness (QED) is 0.367. The Labute approximate surface area is 237 Å². The normalized spacial score (nSPS) is 20.0. The first kappa shape index (κ1) is 27.3. The number of hydrogen-bond acceptors (Lipinski definition) is 7. The molecule has 2 aliphatic heterocycles. The second-order valence-corrected chi connectivity index (χ2v) is 10.8. The summed E-state index contributed by atoms with van der Waals surface area (Å²) in [4.78, 5) is 26.1. The molecule has 4 aromatic rings. The van der Waals surface area contributed by atoms with E-state index in [9.17, 15) is 4.79 Å². The van der Waals surface area contributed by atoms with E-state index in [1.165, 1.54) is 12.1 Å². The molecule has 2 aliphatic rings. The lowest BCUT2D eigenvalue weighted by atomic mass is 10.1. The third kappa shape index (κ3) is 5.92. The van der Waals surface area contributed by atoms with Crippen molar-refractivity contribution < 1.29 is 18.3 Å². The number of halogens is 2. The Hall–Kier alpha value is -3.93. The summed E-state index contributed by atoms with van der Waals surface area (Å²) in [6.45, 7) is 8.02. The van der Waals surface area contributed by atoms with Crippen LogP contribution in [-0.2, 0) is 11.3 Å². The van der Waals surface area contributed by atoms with Crippen LogP contribution in [0, 0.1) is 11.6 Å². The van der Waals surface area contributed by atoms with Crippen molar-refractivity contribution in [3.63, 3.8) is 0 Å². The lowest BCUT2D eigenvalue weighted by molar-refractivity contribution is 0.0332. The molecule has 0 saturated carbocycles. The van der Waals surface area contributed by atoms with Crippen molar-refractivity contribution in [3.05, 3.63) is 77.6 Å². The van der Waals surface area contributed by atoms with Gasteiger partial charge in [-0.3, -0.25) is 9.69 Å². The number of anilines is 2. The predicted molar refractivity (Wildman–Crippen MR) is 153 cm³/mol. The maximum atomic E-state index is 15.1. The van der Waals surface area contributed by atoms with Gasteiger partial charge in [-0.1, -0.05) is 6.07 Å². The van der Waals surface area contributed by atoms with Gasteiger partial charge < -0.3 is 24.8 Å². The average Bonchev–Trinajstić information content (AvgIpc) is 3.38. The van der Waals surface area contributed by atoms with Crippen molar-refractivity contribution in [2.24, 2.45) is 0 Å². The Bertz CT molecular complexity index is 1540. The molecule has 0 radical (unpaired) electrons. The Kier molecular flexibility index (Phi) is 7.65. The molecular formula is C30H33F2N7O2. The number of ether oxygens (including phenoxy) is 1. The molecule has 11 heteroatoms. The summed E-state index contributed by atoms with van der Waals surface area (Å²) in [7, 11) is 0. The summed E-state index contributed by atoms with van der Waals surface area (Å²) in [6.07, 6.45) is 3.37. The highest BCUT2D eigenvalue weighted by Crippen LogP contribution is 2.25. The van der Waals surface area contributed by atoms with E-state index >= 15 is 8.78 Å². The van der Waals surface area contributed by atoms with Crippen molar-refractivity contribution >= 4 is 28.6 Å². The van der Waals surface area contributed by atoms with Crippen LogP contribution in [-0.4, -0.2) is 81.7 Å². The van der Waals surface area contributed by atoms with E-state index in [-0.39, 0.29) is 30.1 Å². The molecule has 1 amide bonds. The van der Waals surface area contributed by atoms with Crippen molar-refractivity contribution in [1.82, 2.24) is 29.7 Å². The summed E-state index contributed by atoms with van der Waals surface area (Å²) in [5.41, 5.74) is 2.11. The molecule has 2 saturated heterocycles. The zero-order valence-electron chi connectivity index (χ0n) is 23.1. The molecule has 0 aliphatic carbocycles. The highest BCUT2D eigenvalue weighted by Gasteiger charge is 2.26. The van der Waals surface area contributed by atoms with E-state index in [0.717, 1.165) is 5.39 Å². The lowest BCUT2D eigenvalue weighted by Gasteiger charge is -2.36. The van der Waals surface area contributed by atoms with Crippen molar-refractivity contribution in [3.8, 4) is 5.69 Å². The topological polar surface area (TPSA) is 87.6 Å². The number of carbonyl (C=O) groups is 1. The molecule has 2 aromatic carbocycles. The van der Waals surface area contributed by atoms with Crippen LogP contribution in [0.4, 0.5) is 20.4 Å².